The van der Waals surface area contributed by atoms with Crippen LogP contribution in [0.4, 0.5) is 0 Å². The van der Waals surface area contributed by atoms with Gasteiger partial charge in [0.15, 0.2) is 0 Å². The van der Waals surface area contributed by atoms with Crippen molar-refractivity contribution in [3.8, 4) is 0 Å². The average Bonchev–Trinajstić information content (AvgIpc) is 1.98. The fourth-order valence-corrected chi connectivity index (χ4v) is 0.702. The summed E-state index contributed by atoms with van der Waals surface area (Å²) in [6.07, 6.45) is 1.21. The molecule has 0 spiro atoms. The van der Waals surface area contributed by atoms with Crippen LogP contribution in [0.2, 0.25) is 0 Å². The molecular weight excluding hydrogens is 130 g/mol. The zero-order chi connectivity index (χ0) is 7.98. The van der Waals surface area contributed by atoms with E-state index in [1.807, 2.05) is 6.92 Å². The van der Waals surface area contributed by atoms with E-state index < -0.39 is 0 Å². The van der Waals surface area contributed by atoms with Gasteiger partial charge in [-0.1, -0.05) is 6.92 Å². The Hall–Kier alpha value is -0.570. The van der Waals surface area contributed by atoms with Gasteiger partial charge in [-0.05, 0) is 6.42 Å². The second-order valence-corrected chi connectivity index (χ2v) is 2.25. The monoisotopic (exact) mass is 145 g/mol. The van der Waals surface area contributed by atoms with Gasteiger partial charge >= 0.3 is 0 Å². The molecule has 60 valence electrons. The highest BCUT2D eigenvalue weighted by Gasteiger charge is 2.02. The van der Waals surface area contributed by atoms with E-state index >= 15 is 0 Å². The molecule has 0 saturated heterocycles. The van der Waals surface area contributed by atoms with Gasteiger partial charge in [-0.2, -0.15) is 0 Å². The molecule has 0 aromatic rings. The smallest absolute Gasteiger partial charge is 0.222 e. The Morgan fingerprint density at radius 1 is 1.60 bits per heavy atom. The molecule has 3 nitrogen and oxygen atoms in total. The minimum absolute atomic E-state index is 0.133. The molecule has 0 aromatic carbocycles. The van der Waals surface area contributed by atoms with Crippen molar-refractivity contribution >= 4 is 5.91 Å². The van der Waals surface area contributed by atoms with E-state index in [4.69, 9.17) is 5.11 Å². The second-order valence-electron chi connectivity index (χ2n) is 2.25. The largest absolute Gasteiger partial charge is 0.396 e. The van der Waals surface area contributed by atoms with Gasteiger partial charge in [-0.15, -0.1) is 0 Å². The molecule has 0 fully saturated rings. The van der Waals surface area contributed by atoms with E-state index in [1.165, 1.54) is 0 Å². The van der Waals surface area contributed by atoms with E-state index in [2.05, 4.69) is 0 Å². The quantitative estimate of drug-likeness (QED) is 0.615. The first-order valence-electron chi connectivity index (χ1n) is 3.57. The van der Waals surface area contributed by atoms with Crippen LogP contribution in [0.25, 0.3) is 0 Å². The Morgan fingerprint density at radius 3 is 2.60 bits per heavy atom. The zero-order valence-corrected chi connectivity index (χ0v) is 6.63. The maximum atomic E-state index is 10.9. The number of amides is 1. The number of carbonyl (C=O) groups is 1. The third-order valence-corrected chi connectivity index (χ3v) is 1.38. The van der Waals surface area contributed by atoms with Gasteiger partial charge in [0.1, 0.15) is 0 Å². The summed E-state index contributed by atoms with van der Waals surface area (Å²) in [7, 11) is 1.75. The van der Waals surface area contributed by atoms with Crippen LogP contribution in [0.1, 0.15) is 19.8 Å². The van der Waals surface area contributed by atoms with E-state index in [0.29, 0.717) is 19.4 Å². The summed E-state index contributed by atoms with van der Waals surface area (Å²) in [5.74, 6) is 0.133. The fraction of sp³-hybridized carbons (Fsp3) is 0.857. The van der Waals surface area contributed by atoms with Crippen LogP contribution in [-0.2, 0) is 4.79 Å². The molecule has 0 aliphatic rings. The van der Waals surface area contributed by atoms with Crippen LogP contribution in [0.5, 0.6) is 0 Å². The molecule has 0 aliphatic heterocycles. The number of nitrogens with zero attached hydrogens (tertiary/aromatic N) is 1. The highest BCUT2D eigenvalue weighted by atomic mass is 16.3. The Kier molecular flexibility index (Phi) is 4.94. The van der Waals surface area contributed by atoms with Crippen LogP contribution in [-0.4, -0.2) is 36.1 Å². The first-order chi connectivity index (χ1) is 4.72. The van der Waals surface area contributed by atoms with E-state index in [1.54, 1.807) is 11.9 Å². The molecular formula is C7H15NO2. The van der Waals surface area contributed by atoms with Crippen LogP contribution in [0, 0.1) is 0 Å². The maximum absolute atomic E-state index is 10.9. The first kappa shape index (κ1) is 9.43. The lowest BCUT2D eigenvalue weighted by atomic mass is 10.3. The summed E-state index contributed by atoms with van der Waals surface area (Å²) in [5.41, 5.74) is 0. The Morgan fingerprint density at radius 2 is 2.20 bits per heavy atom. The summed E-state index contributed by atoms with van der Waals surface area (Å²) in [6.45, 7) is 2.64. The van der Waals surface area contributed by atoms with Gasteiger partial charge in [-0.3, -0.25) is 4.79 Å². The van der Waals surface area contributed by atoms with Crippen molar-refractivity contribution < 1.29 is 9.90 Å². The maximum Gasteiger partial charge on any atom is 0.222 e. The summed E-state index contributed by atoms with van der Waals surface area (Å²) < 4.78 is 0. The Labute approximate surface area is 61.6 Å². The molecule has 10 heavy (non-hydrogen) atoms. The predicted octanol–water partition coefficient (Wildman–Crippen LogP) is 0.237. The highest BCUT2D eigenvalue weighted by molar-refractivity contribution is 5.75. The zero-order valence-electron chi connectivity index (χ0n) is 6.63. The van der Waals surface area contributed by atoms with Crippen LogP contribution in [0.3, 0.4) is 0 Å². The lowest BCUT2D eigenvalue weighted by molar-refractivity contribution is -0.129. The summed E-state index contributed by atoms with van der Waals surface area (Å²) in [6, 6.07) is 0. The number of carbonyl (C=O) groups excluding carboxylic acids is 1. The predicted molar refractivity (Wildman–Crippen MR) is 39.6 cm³/mol. The van der Waals surface area contributed by atoms with Crippen molar-refractivity contribution in [2.45, 2.75) is 19.8 Å². The molecule has 0 unspecified atom stereocenters. The van der Waals surface area contributed by atoms with Crippen molar-refractivity contribution in [2.75, 3.05) is 20.2 Å². The number of aliphatic hydroxyl groups is 1. The minimum atomic E-state index is 0.133. The summed E-state index contributed by atoms with van der Waals surface area (Å²) in [5, 5.41) is 8.43. The summed E-state index contributed by atoms with van der Waals surface area (Å²) >= 11 is 0. The third kappa shape index (κ3) is 3.45. The molecule has 1 N–H and O–H groups in total. The average molecular weight is 145 g/mol. The van der Waals surface area contributed by atoms with Crippen molar-refractivity contribution in [3.05, 3.63) is 0 Å². The topological polar surface area (TPSA) is 40.5 Å². The third-order valence-electron chi connectivity index (χ3n) is 1.38. The van der Waals surface area contributed by atoms with Gasteiger partial charge in [0, 0.05) is 26.6 Å². The number of aliphatic hydroxyl groups excluding tert-OH is 1. The van der Waals surface area contributed by atoms with Gasteiger partial charge in [0.2, 0.25) is 5.91 Å². The molecule has 0 aliphatic carbocycles. The lowest BCUT2D eigenvalue weighted by Gasteiger charge is -2.14. The Balaban J connectivity index is 3.41. The van der Waals surface area contributed by atoms with E-state index in [-0.39, 0.29) is 12.5 Å². The molecule has 0 rings (SSSR count). The molecule has 0 radical (unpaired) electrons. The molecule has 3 heteroatoms. The minimum Gasteiger partial charge on any atom is -0.396 e. The molecule has 0 bridgehead atoms. The molecule has 0 atom stereocenters. The molecule has 1 amide bonds. The number of hydrogen-bond donors (Lipinski definition) is 1. The lowest BCUT2D eigenvalue weighted by Crippen LogP contribution is -2.27. The van der Waals surface area contributed by atoms with Crippen molar-refractivity contribution in [2.24, 2.45) is 0 Å². The normalized spacial score (nSPS) is 9.50. The van der Waals surface area contributed by atoms with Crippen molar-refractivity contribution in [1.82, 2.24) is 4.90 Å². The first-order valence-corrected chi connectivity index (χ1v) is 3.57. The second kappa shape index (κ2) is 5.23. The highest BCUT2D eigenvalue weighted by Crippen LogP contribution is 1.90. The fourth-order valence-electron chi connectivity index (χ4n) is 0.702. The Bertz CT molecular complexity index is 104. The standard InChI is InChI=1S/C7H15NO2/c1-3-7(10)8(2)5-4-6-9/h9H,3-6H2,1-2H3. The van der Waals surface area contributed by atoms with Crippen molar-refractivity contribution in [3.63, 3.8) is 0 Å². The van der Waals surface area contributed by atoms with Gasteiger partial charge in [0.05, 0.1) is 0 Å². The molecule has 0 saturated carbocycles. The van der Waals surface area contributed by atoms with Gasteiger partial charge in [-0.25, -0.2) is 0 Å². The van der Waals surface area contributed by atoms with Gasteiger partial charge in [0.25, 0.3) is 0 Å². The molecule has 0 aromatic heterocycles. The van der Waals surface area contributed by atoms with Gasteiger partial charge < -0.3 is 10.0 Å². The van der Waals surface area contributed by atoms with E-state index in [9.17, 15) is 4.79 Å². The van der Waals surface area contributed by atoms with Crippen molar-refractivity contribution in [1.29, 1.82) is 0 Å². The SMILES string of the molecule is CCC(=O)N(C)CCCO. The van der Waals surface area contributed by atoms with Crippen LogP contribution < -0.4 is 0 Å². The number of hydrogen-bond acceptors (Lipinski definition) is 2. The summed E-state index contributed by atoms with van der Waals surface area (Å²) in [4.78, 5) is 12.5. The number of rotatable bonds is 4. The molecule has 0 heterocycles. The van der Waals surface area contributed by atoms with Crippen LogP contribution in [0.15, 0.2) is 0 Å². The van der Waals surface area contributed by atoms with E-state index in [0.717, 1.165) is 0 Å². The van der Waals surface area contributed by atoms with Crippen LogP contribution >= 0.6 is 0 Å².